The molecule has 2 aromatic rings. The van der Waals surface area contributed by atoms with Gasteiger partial charge in [0.1, 0.15) is 4.21 Å². The second kappa shape index (κ2) is 5.13. The van der Waals surface area contributed by atoms with Gasteiger partial charge in [0, 0.05) is 16.5 Å². The maximum Gasteiger partial charge on any atom is 0.273 e. The number of aromatic nitrogens is 1. The molecular formula is C9H11N3O2S3. The molecule has 2 heterocycles. The fraction of sp³-hybridized carbons (Fsp3) is 0.222. The minimum atomic E-state index is -3.51. The fourth-order valence-electron chi connectivity index (χ4n) is 1.22. The van der Waals surface area contributed by atoms with Crippen LogP contribution in [-0.4, -0.2) is 19.9 Å². The highest BCUT2D eigenvalue weighted by Crippen LogP contribution is 2.24. The molecule has 0 aliphatic rings. The normalized spacial score (nSPS) is 11.6. The number of nitrogens with zero attached hydrogens (tertiary/aromatic N) is 1. The lowest BCUT2D eigenvalue weighted by Gasteiger charge is -2.01. The topological polar surface area (TPSA) is 85.1 Å². The van der Waals surface area contributed by atoms with E-state index < -0.39 is 10.0 Å². The van der Waals surface area contributed by atoms with Crippen LogP contribution in [-0.2, 0) is 16.4 Å². The number of nitrogens with two attached hydrogens (primary N) is 1. The molecule has 0 aromatic carbocycles. The van der Waals surface area contributed by atoms with E-state index in [1.54, 1.807) is 23.7 Å². The SMILES string of the molecule is NCCc1ccc(S(=O)(=O)Nc2nccs2)s1. The standard InChI is InChI=1S/C9H11N3O2S3/c10-4-3-7-1-2-8(16-7)17(13,14)12-9-11-5-6-15-9/h1-2,5-6H,3-4,10H2,(H,11,12). The highest BCUT2D eigenvalue weighted by Gasteiger charge is 2.17. The zero-order valence-corrected chi connectivity index (χ0v) is 11.2. The largest absolute Gasteiger partial charge is 0.330 e. The molecule has 5 nitrogen and oxygen atoms in total. The Bertz CT molecular complexity index is 574. The fourth-order valence-corrected chi connectivity index (χ4v) is 4.38. The average molecular weight is 289 g/mol. The van der Waals surface area contributed by atoms with Crippen LogP contribution in [0.3, 0.4) is 0 Å². The molecule has 2 aromatic heterocycles. The summed E-state index contributed by atoms with van der Waals surface area (Å²) in [5.41, 5.74) is 5.42. The molecule has 0 fully saturated rings. The molecule has 0 amide bonds. The summed E-state index contributed by atoms with van der Waals surface area (Å²) in [4.78, 5) is 4.85. The smallest absolute Gasteiger partial charge is 0.273 e. The van der Waals surface area contributed by atoms with Gasteiger partial charge in [0.25, 0.3) is 10.0 Å². The maximum absolute atomic E-state index is 12.0. The molecule has 0 unspecified atom stereocenters. The molecule has 3 N–H and O–H groups in total. The minimum absolute atomic E-state index is 0.288. The first-order valence-electron chi connectivity index (χ1n) is 4.83. The summed E-state index contributed by atoms with van der Waals surface area (Å²) in [6, 6.07) is 3.37. The van der Waals surface area contributed by atoms with Crippen molar-refractivity contribution in [3.05, 3.63) is 28.6 Å². The number of rotatable bonds is 5. The Kier molecular flexibility index (Phi) is 3.77. The maximum atomic E-state index is 12.0. The Morgan fingerprint density at radius 1 is 1.41 bits per heavy atom. The van der Waals surface area contributed by atoms with E-state index in [1.165, 1.54) is 22.7 Å². The Morgan fingerprint density at radius 2 is 2.24 bits per heavy atom. The number of hydrogen-bond acceptors (Lipinski definition) is 6. The number of thiophene rings is 1. The van der Waals surface area contributed by atoms with Crippen LogP contribution in [0.5, 0.6) is 0 Å². The number of thiazole rings is 1. The van der Waals surface area contributed by atoms with E-state index in [0.717, 1.165) is 4.88 Å². The van der Waals surface area contributed by atoms with Crippen molar-refractivity contribution < 1.29 is 8.42 Å². The van der Waals surface area contributed by atoms with Crippen LogP contribution in [0, 0.1) is 0 Å². The van der Waals surface area contributed by atoms with E-state index in [0.29, 0.717) is 18.1 Å². The van der Waals surface area contributed by atoms with Gasteiger partial charge in [-0.3, -0.25) is 4.72 Å². The number of anilines is 1. The average Bonchev–Trinajstić information content (AvgIpc) is 2.88. The van der Waals surface area contributed by atoms with Crippen LogP contribution in [0.4, 0.5) is 5.13 Å². The van der Waals surface area contributed by atoms with Crippen molar-refractivity contribution >= 4 is 37.8 Å². The Labute approximate surface area is 107 Å². The Balaban J connectivity index is 2.19. The van der Waals surface area contributed by atoms with Crippen molar-refractivity contribution in [3.8, 4) is 0 Å². The quantitative estimate of drug-likeness (QED) is 0.873. The molecule has 92 valence electrons. The van der Waals surface area contributed by atoms with Crippen molar-refractivity contribution in [1.82, 2.24) is 4.98 Å². The third-order valence-electron chi connectivity index (χ3n) is 1.95. The van der Waals surface area contributed by atoms with E-state index in [9.17, 15) is 8.42 Å². The van der Waals surface area contributed by atoms with Crippen LogP contribution in [0.25, 0.3) is 0 Å². The molecule has 8 heteroatoms. The highest BCUT2D eigenvalue weighted by molar-refractivity contribution is 7.94. The molecule has 0 spiro atoms. The van der Waals surface area contributed by atoms with Gasteiger partial charge in [-0.25, -0.2) is 13.4 Å². The van der Waals surface area contributed by atoms with Crippen LogP contribution >= 0.6 is 22.7 Å². The summed E-state index contributed by atoms with van der Waals surface area (Å²) in [5.74, 6) is 0. The van der Waals surface area contributed by atoms with E-state index in [4.69, 9.17) is 5.73 Å². The Morgan fingerprint density at radius 3 is 2.88 bits per heavy atom. The summed E-state index contributed by atoms with van der Waals surface area (Å²) in [5, 5.41) is 2.09. The summed E-state index contributed by atoms with van der Waals surface area (Å²) in [6.45, 7) is 0.514. The highest BCUT2D eigenvalue weighted by atomic mass is 32.2. The van der Waals surface area contributed by atoms with E-state index in [2.05, 4.69) is 9.71 Å². The summed E-state index contributed by atoms with van der Waals surface area (Å²) < 4.78 is 26.6. The third kappa shape index (κ3) is 3.03. The lowest BCUT2D eigenvalue weighted by Crippen LogP contribution is -2.11. The zero-order valence-electron chi connectivity index (χ0n) is 8.79. The molecule has 0 aliphatic heterocycles. The predicted octanol–water partition coefficient (Wildman–Crippen LogP) is 1.51. The molecule has 0 saturated carbocycles. The van der Waals surface area contributed by atoms with Gasteiger partial charge in [-0.05, 0) is 25.1 Å². The van der Waals surface area contributed by atoms with Crippen molar-refractivity contribution in [3.63, 3.8) is 0 Å². The molecule has 0 radical (unpaired) electrons. The number of hydrogen-bond donors (Lipinski definition) is 2. The number of sulfonamides is 1. The van der Waals surface area contributed by atoms with E-state index >= 15 is 0 Å². The van der Waals surface area contributed by atoms with Crippen LogP contribution in [0.1, 0.15) is 4.88 Å². The second-order valence-electron chi connectivity index (χ2n) is 3.20. The lowest BCUT2D eigenvalue weighted by atomic mass is 10.3. The lowest BCUT2D eigenvalue weighted by molar-refractivity contribution is 0.603. The number of nitrogens with one attached hydrogen (secondary N) is 1. The van der Waals surface area contributed by atoms with Gasteiger partial charge in [0.2, 0.25) is 0 Å². The van der Waals surface area contributed by atoms with Crippen molar-refractivity contribution in [2.24, 2.45) is 5.73 Å². The third-order valence-corrected chi connectivity index (χ3v) is 5.74. The van der Waals surface area contributed by atoms with Crippen molar-refractivity contribution in [2.45, 2.75) is 10.6 Å². The van der Waals surface area contributed by atoms with Gasteiger partial charge >= 0.3 is 0 Å². The Hall–Kier alpha value is -0.960. The van der Waals surface area contributed by atoms with Gasteiger partial charge in [-0.2, -0.15) is 0 Å². The molecule has 17 heavy (non-hydrogen) atoms. The van der Waals surface area contributed by atoms with Gasteiger partial charge in [0.05, 0.1) is 0 Å². The first kappa shape index (κ1) is 12.5. The summed E-state index contributed by atoms with van der Waals surface area (Å²) >= 11 is 2.48. The first-order valence-corrected chi connectivity index (χ1v) is 8.01. The summed E-state index contributed by atoms with van der Waals surface area (Å²) in [6.07, 6.45) is 2.24. The zero-order chi connectivity index (χ0) is 12.3. The predicted molar refractivity (Wildman–Crippen MR) is 70.0 cm³/mol. The van der Waals surface area contributed by atoms with Crippen LogP contribution < -0.4 is 10.5 Å². The second-order valence-corrected chi connectivity index (χ2v) is 7.17. The molecule has 0 bridgehead atoms. The molecule has 0 atom stereocenters. The van der Waals surface area contributed by atoms with Crippen molar-refractivity contribution in [1.29, 1.82) is 0 Å². The van der Waals surface area contributed by atoms with E-state index in [1.807, 2.05) is 0 Å². The van der Waals surface area contributed by atoms with Gasteiger partial charge in [-0.15, -0.1) is 22.7 Å². The monoisotopic (exact) mass is 289 g/mol. The van der Waals surface area contributed by atoms with Crippen LogP contribution in [0.15, 0.2) is 27.9 Å². The van der Waals surface area contributed by atoms with Gasteiger partial charge < -0.3 is 5.73 Å². The van der Waals surface area contributed by atoms with Crippen molar-refractivity contribution in [2.75, 3.05) is 11.3 Å². The molecular weight excluding hydrogens is 278 g/mol. The minimum Gasteiger partial charge on any atom is -0.330 e. The molecule has 0 aliphatic carbocycles. The molecule has 2 rings (SSSR count). The first-order chi connectivity index (χ1) is 8.12. The molecule has 0 saturated heterocycles. The van der Waals surface area contributed by atoms with E-state index in [-0.39, 0.29) is 4.21 Å². The summed E-state index contributed by atoms with van der Waals surface area (Å²) in [7, 11) is -3.51. The van der Waals surface area contributed by atoms with Gasteiger partial charge in [-0.1, -0.05) is 0 Å². The van der Waals surface area contributed by atoms with Crippen LogP contribution in [0.2, 0.25) is 0 Å². The van der Waals surface area contributed by atoms with Gasteiger partial charge in [0.15, 0.2) is 5.13 Å².